The number of nitrogens with one attached hydrogen (secondary N) is 1. The first-order valence-electron chi connectivity index (χ1n) is 13.6. The summed E-state index contributed by atoms with van der Waals surface area (Å²) in [6, 6.07) is 20.2. The van der Waals surface area contributed by atoms with Gasteiger partial charge in [0.15, 0.2) is 0 Å². The summed E-state index contributed by atoms with van der Waals surface area (Å²) >= 11 is 0. The summed E-state index contributed by atoms with van der Waals surface area (Å²) in [5, 5.41) is 14.7. The fraction of sp³-hybridized carbons (Fsp3) is 0.324. The molecule has 4 rings (SSSR count). The first-order valence-corrected chi connectivity index (χ1v) is 13.6. The van der Waals surface area contributed by atoms with Gasteiger partial charge in [0, 0.05) is 22.7 Å². The van der Waals surface area contributed by atoms with Crippen LogP contribution in [0.3, 0.4) is 0 Å². The molecule has 40 heavy (non-hydrogen) atoms. The van der Waals surface area contributed by atoms with Crippen LogP contribution >= 0.6 is 0 Å². The van der Waals surface area contributed by atoms with Gasteiger partial charge in [-0.05, 0) is 52.1 Å². The number of hydrogen-bond acceptors (Lipinski definition) is 5. The third-order valence-electron chi connectivity index (χ3n) is 7.02. The standard InChI is InChI=1S/C34H38N2O4/c1-8-40-28(37)20-36-32(39)29-30-23(17-24(19-35-30)21-9-13-25(14-10-21)33(2,3)4)18-27(31(29)38)22-11-15-26(16-12-22)34(5,6)7/h9-19,38H,8,20H2,1-7H3,(H,36,39). The number of benzene rings is 3. The molecule has 0 fully saturated rings. The molecule has 208 valence electrons. The van der Waals surface area contributed by atoms with Gasteiger partial charge >= 0.3 is 5.97 Å². The lowest BCUT2D eigenvalue weighted by molar-refractivity contribution is -0.141. The number of aromatic hydroxyl groups is 1. The molecule has 0 atom stereocenters. The van der Waals surface area contributed by atoms with Crippen molar-refractivity contribution in [1.82, 2.24) is 10.3 Å². The van der Waals surface area contributed by atoms with Crippen LogP contribution in [-0.2, 0) is 20.4 Å². The monoisotopic (exact) mass is 538 g/mol. The van der Waals surface area contributed by atoms with Gasteiger partial charge in [-0.15, -0.1) is 0 Å². The number of carbonyl (C=O) groups excluding carboxylic acids is 2. The molecule has 0 unspecified atom stereocenters. The highest BCUT2D eigenvalue weighted by molar-refractivity contribution is 6.11. The van der Waals surface area contributed by atoms with E-state index in [2.05, 4.69) is 76.1 Å². The highest BCUT2D eigenvalue weighted by Crippen LogP contribution is 2.39. The summed E-state index contributed by atoms with van der Waals surface area (Å²) in [7, 11) is 0. The summed E-state index contributed by atoms with van der Waals surface area (Å²) in [4.78, 5) is 29.8. The van der Waals surface area contributed by atoms with Crippen LogP contribution in [-0.4, -0.2) is 35.1 Å². The topological polar surface area (TPSA) is 88.5 Å². The molecule has 4 aromatic rings. The quantitative estimate of drug-likeness (QED) is 0.254. The number of rotatable bonds is 6. The number of nitrogens with zero attached hydrogens (tertiary/aromatic N) is 1. The van der Waals surface area contributed by atoms with Crippen LogP contribution in [0.4, 0.5) is 0 Å². The van der Waals surface area contributed by atoms with Crippen molar-refractivity contribution in [2.45, 2.75) is 59.3 Å². The van der Waals surface area contributed by atoms with Gasteiger partial charge in [-0.1, -0.05) is 90.1 Å². The Morgan fingerprint density at radius 1 is 0.825 bits per heavy atom. The minimum atomic E-state index is -0.599. The second kappa shape index (κ2) is 11.1. The summed E-state index contributed by atoms with van der Waals surface area (Å²) in [6.45, 7) is 14.6. The van der Waals surface area contributed by atoms with Gasteiger partial charge in [-0.25, -0.2) is 0 Å². The average Bonchev–Trinajstić information content (AvgIpc) is 2.90. The zero-order valence-corrected chi connectivity index (χ0v) is 24.4. The molecule has 0 aliphatic carbocycles. The van der Waals surface area contributed by atoms with Crippen LogP contribution in [0.25, 0.3) is 33.2 Å². The third kappa shape index (κ3) is 6.17. The number of aromatic nitrogens is 1. The van der Waals surface area contributed by atoms with Gasteiger partial charge in [0.25, 0.3) is 5.91 Å². The highest BCUT2D eigenvalue weighted by Gasteiger charge is 2.23. The summed E-state index contributed by atoms with van der Waals surface area (Å²) in [5.41, 5.74) is 5.96. The van der Waals surface area contributed by atoms with Crippen LogP contribution in [0.5, 0.6) is 5.75 Å². The second-order valence-corrected chi connectivity index (χ2v) is 12.1. The average molecular weight is 539 g/mol. The van der Waals surface area contributed by atoms with Crippen LogP contribution in [0.1, 0.15) is 70.0 Å². The number of hydrogen-bond donors (Lipinski definition) is 2. The molecule has 3 aromatic carbocycles. The van der Waals surface area contributed by atoms with Crippen molar-refractivity contribution in [3.05, 3.63) is 83.6 Å². The fourth-order valence-electron chi connectivity index (χ4n) is 4.63. The van der Waals surface area contributed by atoms with Gasteiger partial charge in [-0.3, -0.25) is 14.6 Å². The summed E-state index contributed by atoms with van der Waals surface area (Å²) in [5.74, 6) is -1.34. The van der Waals surface area contributed by atoms with Gasteiger partial charge in [0.1, 0.15) is 17.9 Å². The van der Waals surface area contributed by atoms with Crippen molar-refractivity contribution >= 4 is 22.8 Å². The SMILES string of the molecule is CCOC(=O)CNC(=O)c1c(O)c(-c2ccc(C(C)(C)C)cc2)cc2cc(-c3ccc(C(C)(C)C)cc3)cnc12. The number of amides is 1. The first kappa shape index (κ1) is 28.8. The lowest BCUT2D eigenvalue weighted by Crippen LogP contribution is -2.31. The van der Waals surface area contributed by atoms with E-state index in [1.54, 1.807) is 13.1 Å². The molecule has 6 nitrogen and oxygen atoms in total. The van der Waals surface area contributed by atoms with E-state index in [9.17, 15) is 14.7 Å². The minimum Gasteiger partial charge on any atom is -0.506 e. The molecular formula is C34H38N2O4. The molecule has 1 amide bonds. The Morgan fingerprint density at radius 3 is 1.90 bits per heavy atom. The van der Waals surface area contributed by atoms with Crippen LogP contribution in [0.2, 0.25) is 0 Å². The van der Waals surface area contributed by atoms with Gasteiger partial charge in [0.2, 0.25) is 0 Å². The van der Waals surface area contributed by atoms with Gasteiger partial charge in [-0.2, -0.15) is 0 Å². The number of fused-ring (bicyclic) bond motifs is 1. The lowest BCUT2D eigenvalue weighted by atomic mass is 9.85. The van der Waals surface area contributed by atoms with E-state index >= 15 is 0 Å². The van der Waals surface area contributed by atoms with E-state index in [1.807, 2.05) is 36.4 Å². The van der Waals surface area contributed by atoms with Crippen molar-refractivity contribution < 1.29 is 19.4 Å². The van der Waals surface area contributed by atoms with Crippen LogP contribution in [0.15, 0.2) is 66.9 Å². The molecule has 2 N–H and O–H groups in total. The number of pyridine rings is 1. The van der Waals surface area contributed by atoms with Crippen molar-refractivity contribution in [2.75, 3.05) is 13.2 Å². The van der Waals surface area contributed by atoms with E-state index in [1.165, 1.54) is 5.56 Å². The van der Waals surface area contributed by atoms with Gasteiger partial charge < -0.3 is 15.2 Å². The Kier molecular flexibility index (Phi) is 8.01. The van der Waals surface area contributed by atoms with E-state index in [0.717, 1.165) is 22.3 Å². The molecule has 0 bridgehead atoms. The van der Waals surface area contributed by atoms with Crippen LogP contribution < -0.4 is 5.32 Å². The number of ether oxygens (including phenoxy) is 1. The Bertz CT molecular complexity index is 1540. The molecule has 0 radical (unpaired) electrons. The smallest absolute Gasteiger partial charge is 0.325 e. The molecule has 0 saturated heterocycles. The number of phenols is 1. The predicted molar refractivity (Wildman–Crippen MR) is 161 cm³/mol. The molecule has 0 aliphatic rings. The lowest BCUT2D eigenvalue weighted by Gasteiger charge is -2.20. The molecule has 0 saturated carbocycles. The minimum absolute atomic E-state index is 0.0197. The largest absolute Gasteiger partial charge is 0.506 e. The maximum absolute atomic E-state index is 13.3. The summed E-state index contributed by atoms with van der Waals surface area (Å²) < 4.78 is 4.94. The Morgan fingerprint density at radius 2 is 1.38 bits per heavy atom. The number of carbonyl (C=O) groups is 2. The van der Waals surface area contributed by atoms with Crippen molar-refractivity contribution in [2.24, 2.45) is 0 Å². The normalized spacial score (nSPS) is 11.9. The third-order valence-corrected chi connectivity index (χ3v) is 7.02. The maximum atomic E-state index is 13.3. The first-order chi connectivity index (χ1) is 18.8. The molecule has 1 heterocycles. The molecule has 0 spiro atoms. The van der Waals surface area contributed by atoms with Crippen molar-refractivity contribution in [1.29, 1.82) is 0 Å². The maximum Gasteiger partial charge on any atom is 0.325 e. The molecular weight excluding hydrogens is 500 g/mol. The Labute approximate surface area is 236 Å². The number of phenolic OH excluding ortho intramolecular Hbond substituents is 1. The van der Waals surface area contributed by atoms with E-state index < -0.39 is 11.9 Å². The molecule has 0 aliphatic heterocycles. The van der Waals surface area contributed by atoms with E-state index in [-0.39, 0.29) is 35.3 Å². The van der Waals surface area contributed by atoms with E-state index in [0.29, 0.717) is 16.5 Å². The summed E-state index contributed by atoms with van der Waals surface area (Å²) in [6.07, 6.45) is 1.70. The fourth-order valence-corrected chi connectivity index (χ4v) is 4.63. The zero-order valence-electron chi connectivity index (χ0n) is 24.4. The molecule has 1 aromatic heterocycles. The number of esters is 1. The van der Waals surface area contributed by atoms with Gasteiger partial charge in [0.05, 0.1) is 12.1 Å². The Hall–Kier alpha value is -4.19. The van der Waals surface area contributed by atoms with Crippen LogP contribution in [0, 0.1) is 0 Å². The van der Waals surface area contributed by atoms with Crippen molar-refractivity contribution in [3.63, 3.8) is 0 Å². The zero-order chi connectivity index (χ0) is 29.2. The predicted octanol–water partition coefficient (Wildman–Crippen LogP) is 7.16. The second-order valence-electron chi connectivity index (χ2n) is 12.1. The molecule has 6 heteroatoms. The Balaban J connectivity index is 1.84. The highest BCUT2D eigenvalue weighted by atomic mass is 16.5. The van der Waals surface area contributed by atoms with E-state index in [4.69, 9.17) is 4.74 Å². The van der Waals surface area contributed by atoms with Crippen molar-refractivity contribution in [3.8, 4) is 28.0 Å².